The van der Waals surface area contributed by atoms with Gasteiger partial charge in [0.2, 0.25) is 6.29 Å². The van der Waals surface area contributed by atoms with Crippen molar-refractivity contribution in [1.82, 2.24) is 0 Å². The molecule has 0 aliphatic rings. The summed E-state index contributed by atoms with van der Waals surface area (Å²) in [6.45, 7) is 2.45. The summed E-state index contributed by atoms with van der Waals surface area (Å²) in [7, 11) is 4.71. The van der Waals surface area contributed by atoms with E-state index in [2.05, 4.69) is 18.9 Å². The zero-order chi connectivity index (χ0) is 25.1. The highest BCUT2D eigenvalue weighted by atomic mass is 16.5. The number of hydrogen-bond donors (Lipinski definition) is 1. The number of hydrogen-bond acceptors (Lipinski definition) is 12. The molecule has 0 saturated heterocycles. The first-order valence-electron chi connectivity index (χ1n) is 8.30. The van der Waals surface area contributed by atoms with Gasteiger partial charge in [0.05, 0.1) is 41.3 Å². The molecule has 13 heteroatoms. The Hall–Kier alpha value is -3.64. The van der Waals surface area contributed by atoms with Crippen LogP contribution in [0.25, 0.3) is 0 Å². The third-order valence-corrected chi connectivity index (χ3v) is 3.25. The van der Waals surface area contributed by atoms with Crippen LogP contribution in [0.5, 0.6) is 0 Å². The fraction of sp³-hybridized carbons (Fsp3) is 0.556. The monoisotopic (exact) mass is 450 g/mol. The molecule has 0 bridgehead atoms. The topological polar surface area (TPSA) is 194 Å². The summed E-state index contributed by atoms with van der Waals surface area (Å²) < 4.78 is 17.4. The van der Waals surface area contributed by atoms with E-state index in [1.807, 2.05) is 0 Å². The molecule has 0 rings (SSSR count). The molecule has 0 aromatic rings. The molecule has 0 fully saturated rings. The number of aldehydes is 1. The van der Waals surface area contributed by atoms with Gasteiger partial charge in [-0.05, 0) is 13.8 Å². The molecule has 0 saturated carbocycles. The minimum absolute atomic E-state index is 0.167. The Morgan fingerprint density at radius 3 is 1.06 bits per heavy atom. The summed E-state index contributed by atoms with van der Waals surface area (Å²) in [6, 6.07) is 0. The van der Waals surface area contributed by atoms with E-state index in [1.165, 1.54) is 28.1 Å². The minimum atomic E-state index is -1.43. The molecule has 31 heavy (non-hydrogen) atoms. The molecule has 0 spiro atoms. The third-order valence-electron chi connectivity index (χ3n) is 3.25. The average molecular weight is 450 g/mol. The first kappa shape index (κ1) is 32.0. The largest absolute Gasteiger partial charge is 0.476 e. The predicted molar refractivity (Wildman–Crippen MR) is 99.3 cm³/mol. The smallest absolute Gasteiger partial charge is 0.368 e. The lowest BCUT2D eigenvalue weighted by Crippen LogP contribution is -2.26. The van der Waals surface area contributed by atoms with Crippen molar-refractivity contribution in [2.45, 2.75) is 26.7 Å². The number of rotatable bonds is 9. The number of aliphatic carboxylic acids is 1. The van der Waals surface area contributed by atoms with Gasteiger partial charge in [-0.15, -0.1) is 0 Å². The van der Waals surface area contributed by atoms with Crippen molar-refractivity contribution >= 4 is 47.7 Å². The Balaban J connectivity index is -0.000000416. The molecule has 1 N–H and O–H groups in total. The lowest BCUT2D eigenvalue weighted by Gasteiger charge is -2.08. The molecular formula is C18H26O13. The van der Waals surface area contributed by atoms with Gasteiger partial charge in [0.1, 0.15) is 23.4 Å². The van der Waals surface area contributed by atoms with E-state index >= 15 is 0 Å². The van der Waals surface area contributed by atoms with Crippen LogP contribution in [0, 0.1) is 11.8 Å². The maximum absolute atomic E-state index is 11.0. The van der Waals surface area contributed by atoms with Gasteiger partial charge >= 0.3 is 29.8 Å². The van der Waals surface area contributed by atoms with Crippen LogP contribution < -0.4 is 0 Å². The van der Waals surface area contributed by atoms with E-state index in [-0.39, 0.29) is 19.1 Å². The van der Waals surface area contributed by atoms with Crippen LogP contribution in [0.1, 0.15) is 26.7 Å². The summed E-state index contributed by atoms with van der Waals surface area (Å²) in [6.07, 6.45) is -0.697. The van der Waals surface area contributed by atoms with Crippen LogP contribution in [-0.4, -0.2) is 81.2 Å². The molecule has 0 aliphatic heterocycles. The molecular weight excluding hydrogens is 424 g/mol. The Labute approximate surface area is 177 Å². The van der Waals surface area contributed by atoms with Crippen LogP contribution in [0.15, 0.2) is 0 Å². The molecule has 13 nitrogen and oxygen atoms in total. The van der Waals surface area contributed by atoms with Gasteiger partial charge < -0.3 is 24.1 Å². The van der Waals surface area contributed by atoms with E-state index in [4.69, 9.17) is 14.7 Å². The summed E-state index contributed by atoms with van der Waals surface area (Å²) in [5.74, 6) is -6.96. The number of Topliss-reactive ketones (excluding diaryl/α,β-unsaturated/α-hetero) is 2. The third kappa shape index (κ3) is 17.0. The van der Waals surface area contributed by atoms with Gasteiger partial charge in [-0.1, -0.05) is 0 Å². The van der Waals surface area contributed by atoms with E-state index < -0.39 is 53.2 Å². The molecule has 0 amide bonds. The number of carbonyl (C=O) groups excluding carboxylic acids is 7. The zero-order valence-corrected chi connectivity index (χ0v) is 18.0. The highest BCUT2D eigenvalue weighted by Crippen LogP contribution is 2.08. The molecule has 176 valence electrons. The fourth-order valence-electron chi connectivity index (χ4n) is 1.57. The number of carboxylic acids is 1. The highest BCUT2D eigenvalue weighted by molar-refractivity contribution is 6.19. The second-order valence-corrected chi connectivity index (χ2v) is 5.39. The van der Waals surface area contributed by atoms with Gasteiger partial charge in [-0.3, -0.25) is 33.6 Å². The lowest BCUT2D eigenvalue weighted by atomic mass is 10.0. The minimum Gasteiger partial charge on any atom is -0.476 e. The summed E-state index contributed by atoms with van der Waals surface area (Å²) >= 11 is 0. The van der Waals surface area contributed by atoms with Crippen LogP contribution in [0.2, 0.25) is 0 Å². The van der Waals surface area contributed by atoms with Crippen molar-refractivity contribution in [3.63, 3.8) is 0 Å². The normalized spacial score (nSPS) is 10.8. The molecule has 0 aromatic heterocycles. The van der Waals surface area contributed by atoms with Crippen LogP contribution >= 0.6 is 0 Å². The second kappa shape index (κ2) is 18.4. The van der Waals surface area contributed by atoms with Crippen molar-refractivity contribution < 1.29 is 62.4 Å². The lowest BCUT2D eigenvalue weighted by molar-refractivity contribution is -0.155. The fourth-order valence-corrected chi connectivity index (χ4v) is 1.57. The Kier molecular flexibility index (Phi) is 19.0. The van der Waals surface area contributed by atoms with Gasteiger partial charge in [0.25, 0.3) is 0 Å². The Morgan fingerprint density at radius 2 is 0.935 bits per heavy atom. The molecule has 0 aliphatic carbocycles. The molecule has 2 atom stereocenters. The van der Waals surface area contributed by atoms with Crippen molar-refractivity contribution in [3.8, 4) is 0 Å². The Bertz CT molecular complexity index is 617. The molecule has 2 unspecified atom stereocenters. The number of ketones is 2. The van der Waals surface area contributed by atoms with Crippen molar-refractivity contribution in [3.05, 3.63) is 0 Å². The zero-order valence-electron chi connectivity index (χ0n) is 18.0. The van der Waals surface area contributed by atoms with E-state index in [9.17, 15) is 28.8 Å². The second-order valence-electron chi connectivity index (χ2n) is 5.39. The first-order chi connectivity index (χ1) is 14.3. The van der Waals surface area contributed by atoms with E-state index in [1.54, 1.807) is 0 Å². The molecule has 0 radical (unpaired) electrons. The summed E-state index contributed by atoms with van der Waals surface area (Å²) in [5.41, 5.74) is 0. The van der Waals surface area contributed by atoms with E-state index in [0.29, 0.717) is 0 Å². The SMILES string of the molecule is COC(=O)CC(C(C)=O)C(=O)OC.COC(=O)CC(C(C)=O)C(=O)OC.O=CC(=O)O. The van der Waals surface area contributed by atoms with E-state index in [0.717, 1.165) is 14.2 Å². The number of carboxylic acid groups (broad SMARTS) is 1. The van der Waals surface area contributed by atoms with Crippen LogP contribution in [-0.2, 0) is 57.3 Å². The maximum atomic E-state index is 11.0. The van der Waals surface area contributed by atoms with Gasteiger partial charge in [0.15, 0.2) is 0 Å². The maximum Gasteiger partial charge on any atom is 0.368 e. The number of methoxy groups -OCH3 is 4. The number of esters is 4. The van der Waals surface area contributed by atoms with Crippen LogP contribution in [0.4, 0.5) is 0 Å². The van der Waals surface area contributed by atoms with Crippen molar-refractivity contribution in [1.29, 1.82) is 0 Å². The molecule has 0 heterocycles. The molecule has 0 aromatic carbocycles. The quantitative estimate of drug-likeness (QED) is 0.150. The summed E-state index contributed by atoms with van der Waals surface area (Å²) in [5, 5.41) is 7.35. The average Bonchev–Trinajstić information content (AvgIpc) is 2.74. The van der Waals surface area contributed by atoms with Crippen molar-refractivity contribution in [2.24, 2.45) is 11.8 Å². The Morgan fingerprint density at radius 1 is 0.677 bits per heavy atom. The highest BCUT2D eigenvalue weighted by Gasteiger charge is 2.28. The standard InChI is InChI=1S/2C8H12O5.C2H2O3/c2*1-5(9)6(8(11)13-3)4-7(10)12-2;3-1-2(4)5/h2*6H,4H2,1-3H3;1H,(H,4,5). The van der Waals surface area contributed by atoms with Crippen molar-refractivity contribution in [2.75, 3.05) is 28.4 Å². The van der Waals surface area contributed by atoms with Gasteiger partial charge in [-0.25, -0.2) is 4.79 Å². The van der Waals surface area contributed by atoms with Gasteiger partial charge in [-0.2, -0.15) is 0 Å². The van der Waals surface area contributed by atoms with Gasteiger partial charge in [0, 0.05) is 0 Å². The number of ether oxygens (including phenoxy) is 4. The summed E-state index contributed by atoms with van der Waals surface area (Å²) in [4.78, 5) is 83.1. The van der Waals surface area contributed by atoms with Crippen LogP contribution in [0.3, 0.4) is 0 Å². The predicted octanol–water partition coefficient (Wildman–Crippen LogP) is -0.875. The first-order valence-corrected chi connectivity index (χ1v) is 8.30. The number of carbonyl (C=O) groups is 8.